The third-order valence-corrected chi connectivity index (χ3v) is 7.55. The maximum absolute atomic E-state index is 12.8. The second-order valence-electron chi connectivity index (χ2n) is 11.9. The first kappa shape index (κ1) is 27.6. The van der Waals surface area contributed by atoms with Gasteiger partial charge in [0.25, 0.3) is 0 Å². The van der Waals surface area contributed by atoms with Crippen LogP contribution in [0.3, 0.4) is 0 Å². The van der Waals surface area contributed by atoms with E-state index in [1.807, 2.05) is 102 Å². The fourth-order valence-corrected chi connectivity index (χ4v) is 5.76. The number of anilines is 1. The van der Waals surface area contributed by atoms with Crippen molar-refractivity contribution >= 4 is 33.6 Å². The van der Waals surface area contributed by atoms with Crippen LogP contribution in [-0.4, -0.2) is 52.3 Å². The lowest BCUT2D eigenvalue weighted by Gasteiger charge is -2.29. The highest BCUT2D eigenvalue weighted by Gasteiger charge is 2.32. The fourth-order valence-electron chi connectivity index (χ4n) is 5.76. The summed E-state index contributed by atoms with van der Waals surface area (Å²) in [6.45, 7) is 8.18. The Kier molecular flexibility index (Phi) is 6.81. The van der Waals surface area contributed by atoms with Crippen LogP contribution < -0.4 is 9.64 Å². The van der Waals surface area contributed by atoms with Crippen molar-refractivity contribution in [2.75, 3.05) is 25.6 Å². The van der Waals surface area contributed by atoms with Gasteiger partial charge in [-0.1, -0.05) is 18.2 Å². The molecule has 2 aromatic heterocycles. The molecule has 0 fully saturated rings. The molecule has 1 aliphatic heterocycles. The van der Waals surface area contributed by atoms with E-state index >= 15 is 0 Å². The van der Waals surface area contributed by atoms with Gasteiger partial charge in [0, 0.05) is 61.2 Å². The summed E-state index contributed by atoms with van der Waals surface area (Å²) in [5.74, 6) is 0.397. The number of hydrogen-bond acceptors (Lipinski definition) is 7. The van der Waals surface area contributed by atoms with Crippen LogP contribution in [0.2, 0.25) is 0 Å². The summed E-state index contributed by atoms with van der Waals surface area (Å²) in [4.78, 5) is 28.5. The molecular weight excluding hydrogens is 528 g/mol. The van der Waals surface area contributed by atoms with Gasteiger partial charge in [-0.05, 0) is 85.0 Å². The Hall–Kier alpha value is -4.56. The molecule has 8 nitrogen and oxygen atoms in total. The summed E-state index contributed by atoms with van der Waals surface area (Å²) in [7, 11) is 3.81. The lowest BCUT2D eigenvalue weighted by atomic mass is 9.85. The van der Waals surface area contributed by atoms with Gasteiger partial charge >= 0.3 is 5.97 Å². The van der Waals surface area contributed by atoms with E-state index in [4.69, 9.17) is 14.5 Å². The van der Waals surface area contributed by atoms with Crippen molar-refractivity contribution in [2.24, 2.45) is 0 Å². The van der Waals surface area contributed by atoms with Gasteiger partial charge in [0.05, 0.1) is 17.7 Å². The highest BCUT2D eigenvalue weighted by Crippen LogP contribution is 2.45. The van der Waals surface area contributed by atoms with E-state index in [-0.39, 0.29) is 0 Å². The lowest BCUT2D eigenvalue weighted by Crippen LogP contribution is -2.28. The number of carboxylic acid groups (broad SMARTS) is 1. The zero-order valence-electron chi connectivity index (χ0n) is 24.7. The molecule has 0 saturated heterocycles. The minimum absolute atomic E-state index is 0.618. The first-order valence-electron chi connectivity index (χ1n) is 14.0. The van der Waals surface area contributed by atoms with Crippen LogP contribution in [0, 0.1) is 6.92 Å². The maximum atomic E-state index is 12.8. The number of pyridine rings is 1. The topological polar surface area (TPSA) is 97.7 Å². The number of benzene rings is 3. The molecule has 0 spiro atoms. The van der Waals surface area contributed by atoms with Crippen molar-refractivity contribution in [1.82, 2.24) is 15.0 Å². The molecule has 5 aromatic rings. The Balaban J connectivity index is 1.65. The van der Waals surface area contributed by atoms with Gasteiger partial charge in [0.2, 0.25) is 5.95 Å². The van der Waals surface area contributed by atoms with Crippen molar-refractivity contribution in [1.29, 1.82) is 0 Å². The number of ether oxygens (including phenoxy) is 2. The molecule has 8 heteroatoms. The van der Waals surface area contributed by atoms with Crippen LogP contribution in [-0.2, 0) is 16.0 Å². The molecule has 0 radical (unpaired) electrons. The summed E-state index contributed by atoms with van der Waals surface area (Å²) in [5, 5.41) is 13.3. The molecule has 214 valence electrons. The monoisotopic (exact) mass is 562 g/mol. The number of rotatable bonds is 6. The number of carboxylic acids is 1. The van der Waals surface area contributed by atoms with Crippen LogP contribution in [0.5, 0.6) is 5.75 Å². The summed E-state index contributed by atoms with van der Waals surface area (Å²) in [5.41, 5.74) is 6.23. The third-order valence-electron chi connectivity index (χ3n) is 7.55. The Bertz CT molecular complexity index is 1830. The highest BCUT2D eigenvalue weighted by atomic mass is 16.5. The average molecular weight is 563 g/mol. The van der Waals surface area contributed by atoms with Crippen molar-refractivity contribution < 1.29 is 19.4 Å². The van der Waals surface area contributed by atoms with E-state index in [0.29, 0.717) is 18.1 Å². The lowest BCUT2D eigenvalue weighted by molar-refractivity contribution is -0.160. The van der Waals surface area contributed by atoms with Crippen LogP contribution in [0.1, 0.15) is 43.6 Å². The van der Waals surface area contributed by atoms with Gasteiger partial charge in [-0.15, -0.1) is 0 Å². The number of aryl methyl sites for hydroxylation is 1. The number of carbonyl (C=O) groups is 1. The van der Waals surface area contributed by atoms with Crippen LogP contribution in [0.15, 0.2) is 61.1 Å². The molecule has 0 bridgehead atoms. The van der Waals surface area contributed by atoms with E-state index in [2.05, 4.69) is 16.0 Å². The molecule has 0 saturated carbocycles. The molecule has 1 aliphatic rings. The van der Waals surface area contributed by atoms with E-state index in [1.54, 1.807) is 0 Å². The van der Waals surface area contributed by atoms with Crippen LogP contribution in [0.4, 0.5) is 5.95 Å². The number of fused-ring (bicyclic) bond motifs is 1. The van der Waals surface area contributed by atoms with Crippen LogP contribution in [0.25, 0.3) is 43.9 Å². The van der Waals surface area contributed by atoms with E-state index in [1.165, 1.54) is 5.56 Å². The first-order chi connectivity index (χ1) is 20.0. The van der Waals surface area contributed by atoms with Crippen molar-refractivity contribution in [3.63, 3.8) is 0 Å². The maximum Gasteiger partial charge on any atom is 0.337 e. The predicted molar refractivity (Wildman–Crippen MR) is 165 cm³/mol. The van der Waals surface area contributed by atoms with Gasteiger partial charge < -0.3 is 19.5 Å². The van der Waals surface area contributed by atoms with Crippen molar-refractivity contribution in [3.05, 3.63) is 77.7 Å². The Morgan fingerprint density at radius 1 is 1.02 bits per heavy atom. The molecule has 3 aromatic carbocycles. The van der Waals surface area contributed by atoms with Crippen LogP contribution >= 0.6 is 0 Å². The fraction of sp³-hybridized carbons (Fsp3) is 0.294. The molecule has 0 amide bonds. The molecule has 42 heavy (non-hydrogen) atoms. The zero-order valence-corrected chi connectivity index (χ0v) is 24.7. The summed E-state index contributed by atoms with van der Waals surface area (Å²) in [6, 6.07) is 14.2. The first-order valence-corrected chi connectivity index (χ1v) is 14.0. The number of nitrogens with zero attached hydrogens (tertiary/aromatic N) is 4. The van der Waals surface area contributed by atoms with Gasteiger partial charge in [-0.3, -0.25) is 4.98 Å². The molecule has 0 aliphatic carbocycles. The van der Waals surface area contributed by atoms with Gasteiger partial charge in [-0.2, -0.15) is 0 Å². The number of aliphatic carboxylic acids is 1. The van der Waals surface area contributed by atoms with E-state index in [9.17, 15) is 9.90 Å². The Labute approximate surface area is 245 Å². The number of aromatic nitrogens is 3. The second-order valence-corrected chi connectivity index (χ2v) is 11.9. The summed E-state index contributed by atoms with van der Waals surface area (Å²) >= 11 is 0. The third kappa shape index (κ3) is 4.92. The minimum atomic E-state index is -1.18. The smallest absolute Gasteiger partial charge is 0.337 e. The SMILES string of the molecule is Cc1cc2cc(-c3cnc(N(C)C)nc3)ccc2c(-c2ccc3c4c(ccnc24)CCO3)c1C(OC(C)(C)C)C(=O)O. The van der Waals surface area contributed by atoms with Gasteiger partial charge in [0.1, 0.15) is 5.75 Å². The number of hydrogen-bond donors (Lipinski definition) is 1. The average Bonchev–Trinajstić information content (AvgIpc) is 2.95. The van der Waals surface area contributed by atoms with Crippen molar-refractivity contribution in [2.45, 2.75) is 45.8 Å². The summed E-state index contributed by atoms with van der Waals surface area (Å²) in [6.07, 6.45) is 5.07. The predicted octanol–water partition coefficient (Wildman–Crippen LogP) is 6.76. The second kappa shape index (κ2) is 10.4. The standard InChI is InChI=1S/C34H34N4O4/c1-19-15-22-16-21(23-17-36-33(37-18-23)38(5)6)7-8-24(22)29(27(19)31(32(39)40)42-34(2,3)4)25-9-10-26-28-20(12-14-41-26)11-13-35-30(25)28/h7-11,13,15-18,31H,12,14H2,1-6H3,(H,39,40). The van der Waals surface area contributed by atoms with E-state index in [0.717, 1.165) is 61.7 Å². The Morgan fingerprint density at radius 3 is 2.48 bits per heavy atom. The van der Waals surface area contributed by atoms with Gasteiger partial charge in [0.15, 0.2) is 6.10 Å². The normalized spacial score (nSPS) is 13.7. The summed E-state index contributed by atoms with van der Waals surface area (Å²) < 4.78 is 12.2. The van der Waals surface area contributed by atoms with Gasteiger partial charge in [-0.25, -0.2) is 14.8 Å². The van der Waals surface area contributed by atoms with E-state index < -0.39 is 17.7 Å². The molecular formula is C34H34N4O4. The molecule has 1 unspecified atom stereocenters. The molecule has 1 atom stereocenters. The molecule has 3 heterocycles. The quantitative estimate of drug-likeness (QED) is 0.242. The minimum Gasteiger partial charge on any atom is -0.493 e. The van der Waals surface area contributed by atoms with Crippen molar-refractivity contribution in [3.8, 4) is 28.0 Å². The Morgan fingerprint density at radius 2 is 1.79 bits per heavy atom. The zero-order chi connectivity index (χ0) is 29.8. The molecule has 6 rings (SSSR count). The largest absolute Gasteiger partial charge is 0.493 e. The highest BCUT2D eigenvalue weighted by molar-refractivity contribution is 6.09. The molecule has 1 N–H and O–H groups in total.